The third-order valence-electron chi connectivity index (χ3n) is 2.60. The van der Waals surface area contributed by atoms with E-state index < -0.39 is 0 Å². The van der Waals surface area contributed by atoms with Crippen LogP contribution in [-0.4, -0.2) is 31.7 Å². The molecule has 0 aromatic rings. The van der Waals surface area contributed by atoms with Gasteiger partial charge in [0.05, 0.1) is 0 Å². The van der Waals surface area contributed by atoms with E-state index in [-0.39, 0.29) is 24.6 Å². The van der Waals surface area contributed by atoms with Crippen LogP contribution in [0.5, 0.6) is 0 Å². The van der Waals surface area contributed by atoms with Crippen molar-refractivity contribution in [1.29, 1.82) is 0 Å². The van der Waals surface area contributed by atoms with Gasteiger partial charge in [-0.05, 0) is 0 Å². The van der Waals surface area contributed by atoms with E-state index in [9.17, 15) is 0 Å². The van der Waals surface area contributed by atoms with Crippen LogP contribution in [0.4, 0.5) is 0 Å². The quantitative estimate of drug-likeness (QED) is 0.493. The molecular formula is C11H24OTe. The summed E-state index contributed by atoms with van der Waals surface area (Å²) in [5.41, 5.74) is 0. The van der Waals surface area contributed by atoms with E-state index in [1.165, 1.54) is 38.5 Å². The molecule has 0 radical (unpaired) electrons. The molecule has 0 aromatic carbocycles. The average molecular weight is 300 g/mol. The summed E-state index contributed by atoms with van der Waals surface area (Å²) in [7, 11) is 1.86. The number of hydrogen-bond acceptors (Lipinski definition) is 1. The minimum atomic E-state index is 0.0436. The van der Waals surface area contributed by atoms with Crippen LogP contribution in [0.2, 0.25) is 4.97 Å². The Morgan fingerprint density at radius 2 is 1.77 bits per heavy atom. The van der Waals surface area contributed by atoms with Crippen molar-refractivity contribution in [3.8, 4) is 0 Å². The maximum atomic E-state index is 5.55. The molecule has 0 amide bonds. The number of rotatable bonds is 8. The first-order chi connectivity index (χ1) is 6.18. The molecule has 1 atom stereocenters. The van der Waals surface area contributed by atoms with Gasteiger partial charge in [-0.15, -0.1) is 0 Å². The molecule has 80 valence electrons. The van der Waals surface area contributed by atoms with Gasteiger partial charge < -0.3 is 0 Å². The Labute approximate surface area is 93.7 Å². The number of unbranched alkanes of at least 4 members (excludes halogenated alkanes) is 4. The minimum absolute atomic E-state index is 0.0436. The average Bonchev–Trinajstić information content (AvgIpc) is 2.17. The Morgan fingerprint density at radius 1 is 1.15 bits per heavy atom. The summed E-state index contributed by atoms with van der Waals surface area (Å²) < 4.78 is 5.81. The monoisotopic (exact) mass is 302 g/mol. The van der Waals surface area contributed by atoms with Gasteiger partial charge in [-0.3, -0.25) is 0 Å². The van der Waals surface area contributed by atoms with Crippen LogP contribution < -0.4 is 0 Å². The predicted molar refractivity (Wildman–Crippen MR) is 60.4 cm³/mol. The number of hydrogen-bond donors (Lipinski definition) is 0. The van der Waals surface area contributed by atoms with Crippen molar-refractivity contribution in [2.75, 3.05) is 7.11 Å². The molecule has 0 saturated heterocycles. The van der Waals surface area contributed by atoms with E-state index in [1.807, 2.05) is 7.11 Å². The van der Waals surface area contributed by atoms with Gasteiger partial charge in [0.2, 0.25) is 0 Å². The van der Waals surface area contributed by atoms with Crippen LogP contribution in [0.25, 0.3) is 0 Å². The van der Waals surface area contributed by atoms with E-state index in [0.717, 1.165) is 0 Å². The van der Waals surface area contributed by atoms with Crippen LogP contribution in [0.3, 0.4) is 0 Å². The topological polar surface area (TPSA) is 9.23 Å². The van der Waals surface area contributed by atoms with E-state index in [0.29, 0.717) is 0 Å². The summed E-state index contributed by atoms with van der Waals surface area (Å²) in [6.45, 7) is 4.53. The first kappa shape index (κ1) is 13.7. The Hall–Kier alpha value is 0.750. The van der Waals surface area contributed by atoms with Gasteiger partial charge in [-0.25, -0.2) is 0 Å². The molecular weight excluding hydrogens is 276 g/mol. The summed E-state index contributed by atoms with van der Waals surface area (Å²) in [4.78, 5) is 2.33. The Kier molecular flexibility index (Phi) is 8.56. The first-order valence-electron chi connectivity index (χ1n) is 5.29. The third kappa shape index (κ3) is 6.77. The first-order valence-corrected chi connectivity index (χ1v) is 8.78. The van der Waals surface area contributed by atoms with Crippen LogP contribution in [-0.2, 0) is 4.74 Å². The second-order valence-corrected chi connectivity index (χ2v) is 7.34. The molecule has 1 nitrogen and oxygen atoms in total. The Bertz CT molecular complexity index is 111. The molecule has 0 saturated carbocycles. The van der Waals surface area contributed by atoms with Crippen molar-refractivity contribution in [3.63, 3.8) is 0 Å². The van der Waals surface area contributed by atoms with Crippen molar-refractivity contribution in [1.82, 2.24) is 0 Å². The molecule has 0 N–H and O–H groups in total. The summed E-state index contributed by atoms with van der Waals surface area (Å²) in [6, 6.07) is 0. The van der Waals surface area contributed by atoms with Gasteiger partial charge in [-0.2, -0.15) is 0 Å². The molecule has 0 bridgehead atoms. The van der Waals surface area contributed by atoms with Gasteiger partial charge in [0.25, 0.3) is 0 Å². The number of ether oxygens (including phenoxy) is 1. The van der Waals surface area contributed by atoms with Crippen molar-refractivity contribution in [3.05, 3.63) is 0 Å². The fourth-order valence-corrected chi connectivity index (χ4v) is 2.81. The summed E-state index contributed by atoms with van der Waals surface area (Å²) in [5, 5.41) is 0. The molecule has 0 aliphatic rings. The SMILES string of the molecule is CCCCCCCC(C)(OC)[Te]C. The van der Waals surface area contributed by atoms with Crippen LogP contribution in [0.1, 0.15) is 52.4 Å². The molecule has 0 fully saturated rings. The van der Waals surface area contributed by atoms with E-state index in [4.69, 9.17) is 4.74 Å². The molecule has 0 spiro atoms. The summed E-state index contributed by atoms with van der Waals surface area (Å²) in [5.74, 6) is 0. The molecule has 0 aromatic heterocycles. The number of methoxy groups -OCH3 is 1. The third-order valence-corrected chi connectivity index (χ3v) is 6.12. The molecule has 0 rings (SSSR count). The van der Waals surface area contributed by atoms with Gasteiger partial charge in [0.1, 0.15) is 0 Å². The second-order valence-electron chi connectivity index (χ2n) is 3.71. The molecule has 0 aliphatic carbocycles. The standard InChI is InChI=1S/C11H24OTe/c1-5-6-7-8-9-10-11(2,12-3)13-4/h5-10H2,1-4H3. The summed E-state index contributed by atoms with van der Waals surface area (Å²) in [6.07, 6.45) is 8.14. The fourth-order valence-electron chi connectivity index (χ4n) is 1.34. The Balaban J connectivity index is 3.39. The molecule has 1 unspecified atom stereocenters. The zero-order valence-corrected chi connectivity index (χ0v) is 11.9. The molecule has 0 heterocycles. The van der Waals surface area contributed by atoms with Gasteiger partial charge in [0, 0.05) is 0 Å². The second kappa shape index (κ2) is 8.09. The van der Waals surface area contributed by atoms with E-state index >= 15 is 0 Å². The fraction of sp³-hybridized carbons (Fsp3) is 1.00. The zero-order chi connectivity index (χ0) is 10.2. The Morgan fingerprint density at radius 3 is 2.23 bits per heavy atom. The molecule has 13 heavy (non-hydrogen) atoms. The van der Waals surface area contributed by atoms with Crippen molar-refractivity contribution < 1.29 is 4.74 Å². The summed E-state index contributed by atoms with van der Waals surface area (Å²) >= 11 is 0.0436. The van der Waals surface area contributed by atoms with E-state index in [2.05, 4.69) is 18.8 Å². The zero-order valence-electron chi connectivity index (χ0n) is 9.56. The van der Waals surface area contributed by atoms with Gasteiger partial charge in [-0.1, -0.05) is 0 Å². The predicted octanol–water partition coefficient (Wildman–Crippen LogP) is 3.46. The van der Waals surface area contributed by atoms with Crippen LogP contribution in [0.15, 0.2) is 0 Å². The van der Waals surface area contributed by atoms with Gasteiger partial charge >= 0.3 is 93.8 Å². The van der Waals surface area contributed by atoms with Crippen LogP contribution in [0, 0.1) is 0 Å². The normalized spacial score (nSPS) is 15.7. The van der Waals surface area contributed by atoms with Crippen molar-refractivity contribution in [2.45, 2.75) is 61.0 Å². The van der Waals surface area contributed by atoms with Gasteiger partial charge in [0.15, 0.2) is 0 Å². The van der Waals surface area contributed by atoms with Crippen molar-refractivity contribution >= 4 is 20.9 Å². The molecule has 0 aliphatic heterocycles. The maximum absolute atomic E-state index is 5.55. The van der Waals surface area contributed by atoms with E-state index in [1.54, 1.807) is 0 Å². The van der Waals surface area contributed by atoms with Crippen molar-refractivity contribution in [2.24, 2.45) is 0 Å². The molecule has 2 heteroatoms. The van der Waals surface area contributed by atoms with Crippen LogP contribution >= 0.6 is 0 Å².